The minimum absolute atomic E-state index is 0.00748. The summed E-state index contributed by atoms with van der Waals surface area (Å²) in [6.07, 6.45) is 4.83. The summed E-state index contributed by atoms with van der Waals surface area (Å²) >= 11 is 1.38. The number of halogens is 1. The van der Waals surface area contributed by atoms with E-state index in [4.69, 9.17) is 5.73 Å². The van der Waals surface area contributed by atoms with E-state index in [1.807, 2.05) is 38.1 Å². The largest absolute Gasteiger partial charge is 0.368 e. The number of H-pyrrole nitrogens is 2. The number of thioether (sulfide) groups is 1. The van der Waals surface area contributed by atoms with Crippen LogP contribution in [0.5, 0.6) is 0 Å². The summed E-state index contributed by atoms with van der Waals surface area (Å²) in [7, 11) is 1.39. The normalized spacial score (nSPS) is 16.8. The van der Waals surface area contributed by atoms with Crippen LogP contribution >= 0.6 is 11.8 Å². The van der Waals surface area contributed by atoms with Crippen molar-refractivity contribution in [3.8, 4) is 0 Å². The summed E-state index contributed by atoms with van der Waals surface area (Å²) in [5.41, 5.74) is 8.23. The Morgan fingerprint density at radius 3 is 2.31 bits per heavy atom. The van der Waals surface area contributed by atoms with E-state index in [0.29, 0.717) is 17.0 Å². The van der Waals surface area contributed by atoms with Gasteiger partial charge in [0.1, 0.15) is 36.3 Å². The molecule has 1 aliphatic heterocycles. The fourth-order valence-electron chi connectivity index (χ4n) is 6.65. The number of hydrogen-bond donors (Lipinski definition) is 8. The van der Waals surface area contributed by atoms with Crippen LogP contribution in [-0.4, -0.2) is 128 Å². The Balaban J connectivity index is 1.40. The predicted molar refractivity (Wildman–Crippen MR) is 219 cm³/mol. The summed E-state index contributed by atoms with van der Waals surface area (Å²) < 4.78 is 13.9. The zero-order chi connectivity index (χ0) is 43.6. The van der Waals surface area contributed by atoms with Crippen molar-refractivity contribution in [2.45, 2.75) is 97.1 Å². The Labute approximate surface area is 346 Å². The highest BCUT2D eigenvalue weighted by Gasteiger charge is 2.40. The van der Waals surface area contributed by atoms with Gasteiger partial charge in [-0.25, -0.2) is 4.98 Å². The number of para-hydroxylation sites is 1. The van der Waals surface area contributed by atoms with Crippen LogP contribution in [0.15, 0.2) is 43.0 Å². The summed E-state index contributed by atoms with van der Waals surface area (Å²) in [6.45, 7) is 9.70. The summed E-state index contributed by atoms with van der Waals surface area (Å²) in [6, 6.07) is 0.699. The third kappa shape index (κ3) is 12.3. The number of imidazole rings is 1. The van der Waals surface area contributed by atoms with E-state index in [9.17, 15) is 38.0 Å². The van der Waals surface area contributed by atoms with Gasteiger partial charge >= 0.3 is 0 Å². The molecule has 2 aromatic heterocycles. The number of primary amides is 1. The van der Waals surface area contributed by atoms with Crippen LogP contribution in [0, 0.1) is 11.3 Å². The van der Waals surface area contributed by atoms with Crippen LogP contribution in [0.1, 0.15) is 59.2 Å². The maximum Gasteiger partial charge on any atom is 0.246 e. The molecule has 1 saturated heterocycles. The van der Waals surface area contributed by atoms with Gasteiger partial charge < -0.3 is 46.8 Å². The molecule has 1 fully saturated rings. The number of nitrogens with two attached hydrogens (primary N) is 1. The fraction of sp³-hybridized carbons (Fsp3) is 0.538. The van der Waals surface area contributed by atoms with E-state index in [1.54, 1.807) is 27.0 Å². The van der Waals surface area contributed by atoms with E-state index in [-0.39, 0.29) is 31.1 Å². The van der Waals surface area contributed by atoms with Gasteiger partial charge in [0.05, 0.1) is 18.7 Å². The minimum atomic E-state index is -1.31. The summed E-state index contributed by atoms with van der Waals surface area (Å²) in [5, 5.41) is 11.3. The molecule has 1 aliphatic rings. The topological polar surface area (TPSA) is 257 Å². The molecule has 3 aromatic rings. The van der Waals surface area contributed by atoms with Crippen LogP contribution in [0.2, 0.25) is 0 Å². The lowest BCUT2D eigenvalue weighted by atomic mass is 9.86. The quantitative estimate of drug-likeness (QED) is 0.0772. The second kappa shape index (κ2) is 20.5. The van der Waals surface area contributed by atoms with Crippen molar-refractivity contribution in [2.24, 2.45) is 17.1 Å². The number of nitrogens with one attached hydrogen (secondary N) is 7. The monoisotopic (exact) mass is 841 g/mol. The highest BCUT2D eigenvalue weighted by atomic mass is 32.2. The van der Waals surface area contributed by atoms with Crippen LogP contribution < -0.4 is 32.5 Å². The molecule has 7 amide bonds. The summed E-state index contributed by atoms with van der Waals surface area (Å²) in [4.78, 5) is 106. The number of aromatic nitrogens is 3. The Morgan fingerprint density at radius 2 is 1.68 bits per heavy atom. The van der Waals surface area contributed by atoms with Crippen molar-refractivity contribution in [1.82, 2.24) is 51.6 Å². The van der Waals surface area contributed by atoms with E-state index in [0.717, 1.165) is 15.8 Å². The second-order valence-electron chi connectivity index (χ2n) is 16.2. The van der Waals surface area contributed by atoms with Crippen LogP contribution in [0.25, 0.3) is 10.9 Å². The number of amides is 7. The number of benzene rings is 1. The SMILES string of the molecule is CC(C)C[C@H](NC(=O)[C@H](Cc1cnc[nH]1)N(C)C(=O)CNC(=O)[C@@H](NC(=O)[C@H](C)NC(=O)[C@H](Cc1c[nH]c2ccccc12)NF)C(C)(C)C)C(=O)N1CSC[C@H]1C(N)=O. The molecule has 9 N–H and O–H groups in total. The molecule has 0 saturated carbocycles. The first-order valence-electron chi connectivity index (χ1n) is 19.3. The van der Waals surface area contributed by atoms with Gasteiger partial charge in [-0.05, 0) is 36.3 Å². The predicted octanol–water partition coefficient (Wildman–Crippen LogP) is 0.415. The van der Waals surface area contributed by atoms with Crippen molar-refractivity contribution in [3.05, 3.63) is 54.2 Å². The molecular weight excluding hydrogens is 786 g/mol. The maximum atomic E-state index is 14.0. The van der Waals surface area contributed by atoms with Gasteiger partial charge in [-0.2, -0.15) is 0 Å². The van der Waals surface area contributed by atoms with Gasteiger partial charge in [-0.1, -0.05) is 52.8 Å². The molecule has 18 nitrogen and oxygen atoms in total. The number of fused-ring (bicyclic) bond motifs is 1. The third-order valence-corrected chi connectivity index (χ3v) is 11.1. The third-order valence-electron chi connectivity index (χ3n) is 10.1. The lowest BCUT2D eigenvalue weighted by molar-refractivity contribution is -0.143. The van der Waals surface area contributed by atoms with E-state index in [2.05, 4.69) is 36.2 Å². The number of carbonyl (C=O) groups is 7. The molecule has 322 valence electrons. The van der Waals surface area contributed by atoms with Crippen molar-refractivity contribution in [1.29, 1.82) is 0 Å². The van der Waals surface area contributed by atoms with Crippen molar-refractivity contribution in [2.75, 3.05) is 25.2 Å². The highest BCUT2D eigenvalue weighted by Crippen LogP contribution is 2.24. The van der Waals surface area contributed by atoms with Gasteiger partial charge in [-0.15, -0.1) is 21.8 Å². The van der Waals surface area contributed by atoms with Crippen LogP contribution in [0.4, 0.5) is 4.48 Å². The first kappa shape index (κ1) is 46.2. The summed E-state index contributed by atoms with van der Waals surface area (Å²) in [5.74, 6) is -4.07. The molecule has 0 unspecified atom stereocenters. The first-order chi connectivity index (χ1) is 27.8. The lowest BCUT2D eigenvalue weighted by Gasteiger charge is -2.33. The molecule has 4 rings (SSSR count). The van der Waals surface area contributed by atoms with Crippen LogP contribution in [-0.2, 0) is 46.4 Å². The molecule has 59 heavy (non-hydrogen) atoms. The molecule has 0 radical (unpaired) electrons. The zero-order valence-corrected chi connectivity index (χ0v) is 35.2. The minimum Gasteiger partial charge on any atom is -0.368 e. The van der Waals surface area contributed by atoms with Crippen molar-refractivity contribution < 1.29 is 38.0 Å². The molecule has 20 heteroatoms. The van der Waals surface area contributed by atoms with Crippen molar-refractivity contribution >= 4 is 64.0 Å². The molecule has 6 atom stereocenters. The zero-order valence-electron chi connectivity index (χ0n) is 34.4. The number of likely N-dealkylation sites (N-methyl/N-ethyl adjacent to an activating group) is 1. The van der Waals surface area contributed by atoms with Gasteiger partial charge in [0, 0.05) is 54.6 Å². The molecule has 0 bridgehead atoms. The van der Waals surface area contributed by atoms with Gasteiger partial charge in [-0.3, -0.25) is 33.6 Å². The highest BCUT2D eigenvalue weighted by molar-refractivity contribution is 7.99. The van der Waals surface area contributed by atoms with Gasteiger partial charge in [0.15, 0.2) is 0 Å². The first-order valence-corrected chi connectivity index (χ1v) is 20.5. The average Bonchev–Trinajstić information content (AvgIpc) is 3.97. The molecule has 1 aromatic carbocycles. The van der Waals surface area contributed by atoms with E-state index in [1.165, 1.54) is 48.7 Å². The lowest BCUT2D eigenvalue weighted by Crippen LogP contribution is -2.60. The number of nitrogens with zero attached hydrogens (tertiary/aromatic N) is 3. The average molecular weight is 842 g/mol. The molecule has 3 heterocycles. The Morgan fingerprint density at radius 1 is 0.966 bits per heavy atom. The Hall–Kier alpha value is -5.50. The Bertz CT molecular complexity index is 1970. The van der Waals surface area contributed by atoms with Gasteiger partial charge in [0.25, 0.3) is 0 Å². The Kier molecular flexibility index (Phi) is 16.0. The smallest absolute Gasteiger partial charge is 0.246 e. The number of carbonyl (C=O) groups excluding carboxylic acids is 7. The van der Waals surface area contributed by atoms with E-state index < -0.39 is 89.6 Å². The molecule has 0 aliphatic carbocycles. The fourth-order valence-corrected chi connectivity index (χ4v) is 7.83. The second-order valence-corrected chi connectivity index (χ2v) is 17.2. The maximum absolute atomic E-state index is 14.0. The van der Waals surface area contributed by atoms with Gasteiger partial charge in [0.2, 0.25) is 41.4 Å². The molecular formula is C39H56FN11O7S. The van der Waals surface area contributed by atoms with E-state index >= 15 is 0 Å². The number of aromatic amines is 2. The van der Waals surface area contributed by atoms with Crippen LogP contribution in [0.3, 0.4) is 0 Å². The van der Waals surface area contributed by atoms with Crippen molar-refractivity contribution in [3.63, 3.8) is 0 Å². The standard InChI is InChI=1S/C39H56FN11O7S/c1-21(2)12-28(38(58)51-20-59-18-30(51)33(41)53)47-36(56)29(14-24-16-42-19-45-24)50(7)31(52)17-44-37(57)32(39(4,5)6)48-34(54)22(3)46-35(55)27(49-40)13-23-15-43-26-11-9-8-10-25(23)26/h8-11,15-16,19,21-22,27-30,32,43,49H,12-14,17-18,20H2,1-7H3,(H2,41,53)(H,42,45)(H,44,57)(H,46,55)(H,47,56)(H,48,54)/t22-,27-,28-,29-,30-,32+/m0/s1. The number of rotatable bonds is 19. The number of hydrogen-bond acceptors (Lipinski definition) is 10. The molecule has 0 spiro atoms.